The zero-order valence-corrected chi connectivity index (χ0v) is 11.7. The Morgan fingerprint density at radius 2 is 2.16 bits per heavy atom. The van der Waals surface area contributed by atoms with E-state index in [1.54, 1.807) is 6.07 Å². The Morgan fingerprint density at radius 1 is 1.47 bits per heavy atom. The van der Waals surface area contributed by atoms with Gasteiger partial charge in [0, 0.05) is 6.42 Å². The third kappa shape index (κ3) is 2.14. The van der Waals surface area contributed by atoms with Gasteiger partial charge in [-0.25, -0.2) is 9.18 Å². The van der Waals surface area contributed by atoms with Crippen LogP contribution in [0.3, 0.4) is 0 Å². The van der Waals surface area contributed by atoms with E-state index in [2.05, 4.69) is 0 Å². The molecule has 3 nitrogen and oxygen atoms in total. The molecule has 1 aliphatic heterocycles. The zero-order valence-electron chi connectivity index (χ0n) is 11.7. The highest BCUT2D eigenvalue weighted by atomic mass is 19.1. The Labute approximate surface area is 112 Å². The standard InChI is InChI=1S/C15H19FO3/c1-10(2)15(13(17)18-4)14(3,19-15)9-11-6-5-7-12(16)8-11/h5-8,10H,9H2,1-4H3. The number of methoxy groups -OCH3 is 1. The molecule has 0 amide bonds. The molecule has 2 unspecified atom stereocenters. The fraction of sp³-hybridized carbons (Fsp3) is 0.533. The number of epoxide rings is 1. The van der Waals surface area contributed by atoms with Crippen LogP contribution in [0.2, 0.25) is 0 Å². The molecule has 0 N–H and O–H groups in total. The molecule has 19 heavy (non-hydrogen) atoms. The molecule has 0 aromatic heterocycles. The summed E-state index contributed by atoms with van der Waals surface area (Å²) in [5, 5.41) is 0. The molecule has 0 saturated carbocycles. The molecule has 4 heteroatoms. The quantitative estimate of drug-likeness (QED) is 0.621. The summed E-state index contributed by atoms with van der Waals surface area (Å²) in [6, 6.07) is 6.36. The first-order valence-corrected chi connectivity index (χ1v) is 6.39. The van der Waals surface area contributed by atoms with Crippen LogP contribution in [-0.4, -0.2) is 24.3 Å². The maximum atomic E-state index is 13.2. The molecule has 1 aromatic carbocycles. The molecule has 0 spiro atoms. The second-order valence-corrected chi connectivity index (χ2v) is 5.52. The van der Waals surface area contributed by atoms with Crippen molar-refractivity contribution >= 4 is 5.97 Å². The van der Waals surface area contributed by atoms with E-state index in [1.807, 2.05) is 26.8 Å². The molecule has 0 aliphatic carbocycles. The van der Waals surface area contributed by atoms with Gasteiger partial charge in [0.2, 0.25) is 0 Å². The van der Waals surface area contributed by atoms with Crippen molar-refractivity contribution in [3.05, 3.63) is 35.6 Å². The molecule has 1 aliphatic rings. The predicted octanol–water partition coefficient (Wildman–Crippen LogP) is 2.72. The largest absolute Gasteiger partial charge is 0.467 e. The second-order valence-electron chi connectivity index (χ2n) is 5.52. The van der Waals surface area contributed by atoms with E-state index >= 15 is 0 Å². The third-order valence-electron chi connectivity index (χ3n) is 3.86. The molecule has 0 radical (unpaired) electrons. The van der Waals surface area contributed by atoms with Crippen molar-refractivity contribution in [2.75, 3.05) is 7.11 Å². The van der Waals surface area contributed by atoms with Crippen molar-refractivity contribution < 1.29 is 18.7 Å². The first-order chi connectivity index (χ1) is 8.85. The lowest BCUT2D eigenvalue weighted by molar-refractivity contribution is -0.148. The molecule has 2 rings (SSSR count). The maximum absolute atomic E-state index is 13.2. The first-order valence-electron chi connectivity index (χ1n) is 6.39. The fourth-order valence-corrected chi connectivity index (χ4v) is 2.91. The van der Waals surface area contributed by atoms with Gasteiger partial charge in [-0.3, -0.25) is 0 Å². The molecule has 0 bridgehead atoms. The number of rotatable bonds is 4. The third-order valence-corrected chi connectivity index (χ3v) is 3.86. The van der Waals surface area contributed by atoms with Crippen LogP contribution in [0.25, 0.3) is 0 Å². The van der Waals surface area contributed by atoms with Gasteiger partial charge in [0.05, 0.1) is 7.11 Å². The number of carbonyl (C=O) groups is 1. The number of hydrogen-bond donors (Lipinski definition) is 0. The highest BCUT2D eigenvalue weighted by Crippen LogP contribution is 2.55. The zero-order chi connectivity index (χ0) is 14.3. The summed E-state index contributed by atoms with van der Waals surface area (Å²) in [5.74, 6) is -0.644. The second kappa shape index (κ2) is 4.60. The summed E-state index contributed by atoms with van der Waals surface area (Å²) >= 11 is 0. The van der Waals surface area contributed by atoms with Crippen LogP contribution in [0.15, 0.2) is 24.3 Å². The SMILES string of the molecule is COC(=O)C1(C(C)C)OC1(C)Cc1cccc(F)c1. The van der Waals surface area contributed by atoms with Crippen LogP contribution in [0.5, 0.6) is 0 Å². The van der Waals surface area contributed by atoms with E-state index in [-0.39, 0.29) is 17.7 Å². The molecule has 1 fully saturated rings. The van der Waals surface area contributed by atoms with E-state index in [9.17, 15) is 9.18 Å². The van der Waals surface area contributed by atoms with Gasteiger partial charge in [-0.15, -0.1) is 0 Å². The van der Waals surface area contributed by atoms with Crippen molar-refractivity contribution in [1.29, 1.82) is 0 Å². The van der Waals surface area contributed by atoms with Crippen LogP contribution in [0, 0.1) is 11.7 Å². The summed E-state index contributed by atoms with van der Waals surface area (Å²) in [7, 11) is 1.36. The van der Waals surface area contributed by atoms with Crippen molar-refractivity contribution in [2.45, 2.75) is 38.4 Å². The van der Waals surface area contributed by atoms with Crippen molar-refractivity contribution in [3.63, 3.8) is 0 Å². The Bertz CT molecular complexity index is 500. The number of benzene rings is 1. The lowest BCUT2D eigenvalue weighted by Gasteiger charge is -2.18. The minimum atomic E-state index is -0.923. The molecule has 1 saturated heterocycles. The van der Waals surface area contributed by atoms with Gasteiger partial charge in [-0.05, 0) is 30.5 Å². The number of carbonyl (C=O) groups excluding carboxylic acids is 1. The predicted molar refractivity (Wildman–Crippen MR) is 69.2 cm³/mol. The summed E-state index contributed by atoms with van der Waals surface area (Å²) in [6.45, 7) is 5.72. The van der Waals surface area contributed by atoms with Crippen molar-refractivity contribution in [1.82, 2.24) is 0 Å². The minimum Gasteiger partial charge on any atom is -0.467 e. The Kier molecular flexibility index (Phi) is 3.39. The topological polar surface area (TPSA) is 38.8 Å². The van der Waals surface area contributed by atoms with Crippen LogP contribution in [-0.2, 0) is 20.7 Å². The van der Waals surface area contributed by atoms with E-state index in [4.69, 9.17) is 9.47 Å². The Hall–Kier alpha value is -1.42. The normalized spacial score (nSPS) is 29.4. The lowest BCUT2D eigenvalue weighted by Crippen LogP contribution is -2.39. The van der Waals surface area contributed by atoms with Crippen LogP contribution >= 0.6 is 0 Å². The van der Waals surface area contributed by atoms with Crippen molar-refractivity contribution in [2.24, 2.45) is 5.92 Å². The summed E-state index contributed by atoms with van der Waals surface area (Å²) in [5.41, 5.74) is -0.746. The van der Waals surface area contributed by atoms with E-state index in [0.29, 0.717) is 6.42 Å². The van der Waals surface area contributed by atoms with E-state index < -0.39 is 11.2 Å². The van der Waals surface area contributed by atoms with Crippen molar-refractivity contribution in [3.8, 4) is 0 Å². The highest BCUT2D eigenvalue weighted by molar-refractivity contribution is 5.85. The molecule has 1 heterocycles. The molecule has 1 aromatic rings. The molecule has 2 atom stereocenters. The monoisotopic (exact) mass is 266 g/mol. The van der Waals surface area contributed by atoms with Gasteiger partial charge in [-0.1, -0.05) is 26.0 Å². The van der Waals surface area contributed by atoms with E-state index in [1.165, 1.54) is 19.2 Å². The number of halogens is 1. The summed E-state index contributed by atoms with van der Waals surface area (Å²) < 4.78 is 23.8. The van der Waals surface area contributed by atoms with Crippen LogP contribution < -0.4 is 0 Å². The first kappa shape index (κ1) is 14.0. The number of hydrogen-bond acceptors (Lipinski definition) is 3. The van der Waals surface area contributed by atoms with Gasteiger partial charge in [0.15, 0.2) is 5.60 Å². The Morgan fingerprint density at radius 3 is 2.68 bits per heavy atom. The smallest absolute Gasteiger partial charge is 0.341 e. The molecule has 104 valence electrons. The fourth-order valence-electron chi connectivity index (χ4n) is 2.91. The Balaban J connectivity index is 2.24. The average Bonchev–Trinajstić information content (AvgIpc) is 2.95. The van der Waals surface area contributed by atoms with Gasteiger partial charge < -0.3 is 9.47 Å². The van der Waals surface area contributed by atoms with Gasteiger partial charge >= 0.3 is 5.97 Å². The molecular formula is C15H19FO3. The number of esters is 1. The lowest BCUT2D eigenvalue weighted by atomic mass is 9.81. The maximum Gasteiger partial charge on any atom is 0.341 e. The van der Waals surface area contributed by atoms with Crippen LogP contribution in [0.4, 0.5) is 4.39 Å². The number of ether oxygens (including phenoxy) is 2. The summed E-state index contributed by atoms with van der Waals surface area (Å²) in [4.78, 5) is 12.0. The minimum absolute atomic E-state index is 0.00138. The van der Waals surface area contributed by atoms with Gasteiger partial charge in [0.1, 0.15) is 11.4 Å². The van der Waals surface area contributed by atoms with Gasteiger partial charge in [0.25, 0.3) is 0 Å². The summed E-state index contributed by atoms with van der Waals surface area (Å²) in [6.07, 6.45) is 0.484. The van der Waals surface area contributed by atoms with E-state index in [0.717, 1.165) is 5.56 Å². The van der Waals surface area contributed by atoms with Crippen LogP contribution in [0.1, 0.15) is 26.3 Å². The average molecular weight is 266 g/mol. The molecular weight excluding hydrogens is 247 g/mol. The van der Waals surface area contributed by atoms with Gasteiger partial charge in [-0.2, -0.15) is 0 Å². The highest BCUT2D eigenvalue weighted by Gasteiger charge is 2.74.